The SMILES string of the molecule is C=CCCC(=O)NCC(CCSC)OC. The van der Waals surface area contributed by atoms with Crippen LogP contribution >= 0.6 is 11.8 Å². The number of hydrogen-bond acceptors (Lipinski definition) is 3. The van der Waals surface area contributed by atoms with Crippen LogP contribution in [0.1, 0.15) is 19.3 Å². The van der Waals surface area contributed by atoms with Crippen LogP contribution in [0.25, 0.3) is 0 Å². The molecule has 1 atom stereocenters. The molecule has 0 aromatic rings. The Morgan fingerprint density at radius 3 is 2.93 bits per heavy atom. The number of rotatable bonds is 9. The van der Waals surface area contributed by atoms with Gasteiger partial charge >= 0.3 is 0 Å². The van der Waals surface area contributed by atoms with E-state index in [2.05, 4.69) is 18.2 Å². The first-order valence-electron chi connectivity index (χ1n) is 5.14. The second-order valence-electron chi connectivity index (χ2n) is 3.27. The van der Waals surface area contributed by atoms with Gasteiger partial charge in [0.25, 0.3) is 0 Å². The molecule has 0 aromatic carbocycles. The Bertz CT molecular complexity index is 185. The zero-order valence-corrected chi connectivity index (χ0v) is 10.4. The van der Waals surface area contributed by atoms with Crippen LogP contribution in [0, 0.1) is 0 Å². The highest BCUT2D eigenvalue weighted by molar-refractivity contribution is 7.98. The molecule has 1 unspecified atom stereocenters. The molecule has 0 heterocycles. The summed E-state index contributed by atoms with van der Waals surface area (Å²) >= 11 is 1.79. The number of methoxy groups -OCH3 is 1. The number of hydrogen-bond donors (Lipinski definition) is 1. The number of amides is 1. The van der Waals surface area contributed by atoms with Crippen LogP contribution in [0.15, 0.2) is 12.7 Å². The van der Waals surface area contributed by atoms with Gasteiger partial charge in [0.2, 0.25) is 5.91 Å². The summed E-state index contributed by atoms with van der Waals surface area (Å²) in [5, 5.41) is 2.86. The number of thioether (sulfide) groups is 1. The van der Waals surface area contributed by atoms with Crippen molar-refractivity contribution >= 4 is 17.7 Å². The molecular formula is C11H21NO2S. The summed E-state index contributed by atoms with van der Waals surface area (Å²) in [4.78, 5) is 11.3. The molecule has 0 aliphatic heterocycles. The molecular weight excluding hydrogens is 210 g/mol. The van der Waals surface area contributed by atoms with Crippen molar-refractivity contribution in [2.45, 2.75) is 25.4 Å². The van der Waals surface area contributed by atoms with E-state index in [-0.39, 0.29) is 12.0 Å². The zero-order chi connectivity index (χ0) is 11.5. The van der Waals surface area contributed by atoms with Gasteiger partial charge in [-0.3, -0.25) is 4.79 Å². The van der Waals surface area contributed by atoms with E-state index >= 15 is 0 Å². The Kier molecular flexibility index (Phi) is 9.73. The van der Waals surface area contributed by atoms with Gasteiger partial charge in [-0.25, -0.2) is 0 Å². The summed E-state index contributed by atoms with van der Waals surface area (Å²) in [7, 11) is 1.68. The second-order valence-corrected chi connectivity index (χ2v) is 4.26. The largest absolute Gasteiger partial charge is 0.380 e. The molecule has 0 spiro atoms. The third-order valence-corrected chi connectivity index (χ3v) is 2.72. The van der Waals surface area contributed by atoms with E-state index in [0.29, 0.717) is 13.0 Å². The van der Waals surface area contributed by atoms with Crippen molar-refractivity contribution in [1.29, 1.82) is 0 Å². The van der Waals surface area contributed by atoms with Crippen LogP contribution in [-0.4, -0.2) is 37.7 Å². The molecule has 15 heavy (non-hydrogen) atoms. The van der Waals surface area contributed by atoms with Crippen LogP contribution < -0.4 is 5.32 Å². The predicted octanol–water partition coefficient (Wildman–Crippen LogP) is 1.84. The quantitative estimate of drug-likeness (QED) is 0.615. The van der Waals surface area contributed by atoms with E-state index < -0.39 is 0 Å². The maximum absolute atomic E-state index is 11.3. The monoisotopic (exact) mass is 231 g/mol. The van der Waals surface area contributed by atoms with Gasteiger partial charge in [0.15, 0.2) is 0 Å². The van der Waals surface area contributed by atoms with E-state index in [9.17, 15) is 4.79 Å². The highest BCUT2D eigenvalue weighted by Crippen LogP contribution is 2.02. The number of carbonyl (C=O) groups is 1. The Morgan fingerprint density at radius 2 is 2.40 bits per heavy atom. The molecule has 1 N–H and O–H groups in total. The van der Waals surface area contributed by atoms with Gasteiger partial charge in [-0.15, -0.1) is 6.58 Å². The van der Waals surface area contributed by atoms with Crippen LogP contribution in [0.3, 0.4) is 0 Å². The molecule has 88 valence electrons. The van der Waals surface area contributed by atoms with Crippen LogP contribution in [0.4, 0.5) is 0 Å². The van der Waals surface area contributed by atoms with Crippen molar-refractivity contribution in [3.05, 3.63) is 12.7 Å². The number of nitrogens with one attached hydrogen (secondary N) is 1. The average Bonchev–Trinajstić information content (AvgIpc) is 2.26. The molecule has 0 aromatic heterocycles. The Morgan fingerprint density at radius 1 is 1.67 bits per heavy atom. The van der Waals surface area contributed by atoms with Gasteiger partial charge in [0.05, 0.1) is 6.10 Å². The van der Waals surface area contributed by atoms with Crippen molar-refractivity contribution in [3.63, 3.8) is 0 Å². The summed E-state index contributed by atoms with van der Waals surface area (Å²) < 4.78 is 5.26. The van der Waals surface area contributed by atoms with E-state index in [1.807, 2.05) is 0 Å². The highest BCUT2D eigenvalue weighted by Gasteiger charge is 2.08. The molecule has 0 radical (unpaired) electrons. The molecule has 0 bridgehead atoms. The van der Waals surface area contributed by atoms with Gasteiger partial charge in [-0.1, -0.05) is 6.08 Å². The van der Waals surface area contributed by atoms with Gasteiger partial charge in [0, 0.05) is 20.1 Å². The minimum absolute atomic E-state index is 0.0705. The fourth-order valence-corrected chi connectivity index (χ4v) is 1.60. The molecule has 0 fully saturated rings. The van der Waals surface area contributed by atoms with Crippen molar-refractivity contribution in [1.82, 2.24) is 5.32 Å². The molecule has 0 aliphatic carbocycles. The first-order valence-corrected chi connectivity index (χ1v) is 6.53. The topological polar surface area (TPSA) is 38.3 Å². The average molecular weight is 231 g/mol. The summed E-state index contributed by atoms with van der Waals surface area (Å²) in [5.74, 6) is 1.13. The Balaban J connectivity index is 3.59. The lowest BCUT2D eigenvalue weighted by atomic mass is 10.2. The summed E-state index contributed by atoms with van der Waals surface area (Å²) in [6.45, 7) is 4.18. The number of carbonyl (C=O) groups excluding carboxylic acids is 1. The third-order valence-electron chi connectivity index (χ3n) is 2.08. The van der Waals surface area contributed by atoms with Crippen molar-refractivity contribution in [2.24, 2.45) is 0 Å². The summed E-state index contributed by atoms with van der Waals surface area (Å²) in [6, 6.07) is 0. The second kappa shape index (κ2) is 10.1. The maximum Gasteiger partial charge on any atom is 0.220 e. The van der Waals surface area contributed by atoms with Gasteiger partial charge in [-0.2, -0.15) is 11.8 Å². The lowest BCUT2D eigenvalue weighted by Crippen LogP contribution is -2.33. The van der Waals surface area contributed by atoms with Crippen molar-refractivity contribution < 1.29 is 9.53 Å². The fourth-order valence-electron chi connectivity index (χ4n) is 1.10. The molecule has 1 amide bonds. The molecule has 0 aliphatic rings. The lowest BCUT2D eigenvalue weighted by Gasteiger charge is -2.15. The normalized spacial score (nSPS) is 12.1. The van der Waals surface area contributed by atoms with Gasteiger partial charge < -0.3 is 10.1 Å². The maximum atomic E-state index is 11.3. The fraction of sp³-hybridized carbons (Fsp3) is 0.727. The van der Waals surface area contributed by atoms with Gasteiger partial charge in [-0.05, 0) is 24.9 Å². The molecule has 0 saturated carbocycles. The molecule has 0 saturated heterocycles. The zero-order valence-electron chi connectivity index (χ0n) is 9.62. The van der Waals surface area contributed by atoms with Crippen LogP contribution in [-0.2, 0) is 9.53 Å². The van der Waals surface area contributed by atoms with E-state index in [4.69, 9.17) is 4.74 Å². The number of ether oxygens (including phenoxy) is 1. The Labute approximate surface area is 96.6 Å². The highest BCUT2D eigenvalue weighted by atomic mass is 32.2. The van der Waals surface area contributed by atoms with E-state index in [1.165, 1.54) is 0 Å². The summed E-state index contributed by atoms with van der Waals surface area (Å²) in [5.41, 5.74) is 0. The van der Waals surface area contributed by atoms with E-state index in [1.54, 1.807) is 24.9 Å². The minimum Gasteiger partial charge on any atom is -0.380 e. The molecule has 3 nitrogen and oxygen atoms in total. The number of allylic oxidation sites excluding steroid dienone is 1. The van der Waals surface area contributed by atoms with Gasteiger partial charge in [0.1, 0.15) is 0 Å². The predicted molar refractivity (Wildman–Crippen MR) is 66.2 cm³/mol. The molecule has 4 heteroatoms. The molecule has 0 rings (SSSR count). The smallest absolute Gasteiger partial charge is 0.220 e. The van der Waals surface area contributed by atoms with Crippen molar-refractivity contribution in [3.8, 4) is 0 Å². The van der Waals surface area contributed by atoms with Crippen LogP contribution in [0.5, 0.6) is 0 Å². The third kappa shape index (κ3) is 8.51. The van der Waals surface area contributed by atoms with E-state index in [0.717, 1.165) is 18.6 Å². The van der Waals surface area contributed by atoms with Crippen LogP contribution in [0.2, 0.25) is 0 Å². The first-order chi connectivity index (χ1) is 7.24. The standard InChI is InChI=1S/C11H21NO2S/c1-4-5-6-11(13)12-9-10(14-2)7-8-15-3/h4,10H,1,5-9H2,2-3H3,(H,12,13). The lowest BCUT2D eigenvalue weighted by molar-refractivity contribution is -0.121. The first kappa shape index (κ1) is 14.5. The Hall–Kier alpha value is -0.480. The van der Waals surface area contributed by atoms with Crippen molar-refractivity contribution in [2.75, 3.05) is 25.7 Å². The minimum atomic E-state index is 0.0705. The summed E-state index contributed by atoms with van der Waals surface area (Å²) in [6.07, 6.45) is 6.16.